The summed E-state index contributed by atoms with van der Waals surface area (Å²) in [7, 11) is 1.66. The minimum Gasteiger partial charge on any atom is -0.493 e. The number of oxime groups is 1. The molecular weight excluding hydrogens is 282 g/mol. The minimum atomic E-state index is -0.251. The summed E-state index contributed by atoms with van der Waals surface area (Å²) >= 11 is 0. The van der Waals surface area contributed by atoms with Gasteiger partial charge in [-0.05, 0) is 24.6 Å². The molecule has 120 valence electrons. The first-order valence-electron chi connectivity index (χ1n) is 7.90. The molecule has 0 bridgehead atoms. The summed E-state index contributed by atoms with van der Waals surface area (Å²) in [5, 5.41) is 4.27. The van der Waals surface area contributed by atoms with E-state index in [0.717, 1.165) is 55.1 Å². The summed E-state index contributed by atoms with van der Waals surface area (Å²) in [6.45, 7) is 4.20. The maximum Gasteiger partial charge on any atom is 0.168 e. The maximum absolute atomic E-state index is 5.84. The van der Waals surface area contributed by atoms with Gasteiger partial charge in [-0.2, -0.15) is 0 Å². The van der Waals surface area contributed by atoms with Gasteiger partial charge in [0, 0.05) is 18.4 Å². The zero-order valence-corrected chi connectivity index (χ0v) is 13.3. The van der Waals surface area contributed by atoms with Crippen LogP contribution in [0.2, 0.25) is 0 Å². The Morgan fingerprint density at radius 2 is 2.23 bits per heavy atom. The standard InChI is InChI=1S/C17H23NO4/c1-3-4-8-21-16-10-13(5-6-15(16)19-2)14-11-17(22-18-14)7-9-20-12-17/h5-6,10H,3-4,7-9,11-12H2,1-2H3. The fourth-order valence-corrected chi connectivity index (χ4v) is 2.77. The smallest absolute Gasteiger partial charge is 0.168 e. The summed E-state index contributed by atoms with van der Waals surface area (Å²) in [6.07, 6.45) is 3.81. The van der Waals surface area contributed by atoms with Gasteiger partial charge in [-0.15, -0.1) is 0 Å². The van der Waals surface area contributed by atoms with Gasteiger partial charge in [0.05, 0.1) is 32.6 Å². The molecule has 5 nitrogen and oxygen atoms in total. The molecule has 0 N–H and O–H groups in total. The van der Waals surface area contributed by atoms with E-state index in [1.165, 1.54) is 0 Å². The molecule has 1 aromatic carbocycles. The third-order valence-corrected chi connectivity index (χ3v) is 4.16. The largest absolute Gasteiger partial charge is 0.493 e. The highest BCUT2D eigenvalue weighted by Crippen LogP contribution is 2.36. The van der Waals surface area contributed by atoms with Gasteiger partial charge in [-0.3, -0.25) is 0 Å². The molecule has 0 aliphatic carbocycles. The lowest BCUT2D eigenvalue weighted by Gasteiger charge is -2.17. The van der Waals surface area contributed by atoms with Crippen molar-refractivity contribution in [3.05, 3.63) is 23.8 Å². The van der Waals surface area contributed by atoms with E-state index >= 15 is 0 Å². The number of hydrogen-bond donors (Lipinski definition) is 0. The highest BCUT2D eigenvalue weighted by atomic mass is 16.7. The van der Waals surface area contributed by atoms with E-state index in [9.17, 15) is 0 Å². The summed E-state index contributed by atoms with van der Waals surface area (Å²) in [4.78, 5) is 5.65. The molecule has 0 aromatic heterocycles. The van der Waals surface area contributed by atoms with Crippen molar-refractivity contribution < 1.29 is 19.0 Å². The van der Waals surface area contributed by atoms with Crippen LogP contribution in [0.3, 0.4) is 0 Å². The van der Waals surface area contributed by atoms with E-state index in [-0.39, 0.29) is 5.60 Å². The van der Waals surface area contributed by atoms with Crippen molar-refractivity contribution >= 4 is 5.71 Å². The van der Waals surface area contributed by atoms with Gasteiger partial charge >= 0.3 is 0 Å². The molecule has 1 fully saturated rings. The molecule has 1 spiro atoms. The number of rotatable bonds is 6. The summed E-state index contributed by atoms with van der Waals surface area (Å²) in [5.41, 5.74) is 1.72. The van der Waals surface area contributed by atoms with Crippen LogP contribution in [0.15, 0.2) is 23.4 Å². The van der Waals surface area contributed by atoms with Crippen molar-refractivity contribution in [2.75, 3.05) is 26.9 Å². The van der Waals surface area contributed by atoms with Crippen molar-refractivity contribution in [2.24, 2.45) is 5.16 Å². The van der Waals surface area contributed by atoms with Gasteiger partial charge in [-0.1, -0.05) is 18.5 Å². The molecular formula is C17H23NO4. The Morgan fingerprint density at radius 1 is 1.32 bits per heavy atom. The molecule has 1 saturated heterocycles. The number of nitrogens with zero attached hydrogens (tertiary/aromatic N) is 1. The van der Waals surface area contributed by atoms with Crippen LogP contribution in [-0.2, 0) is 9.57 Å². The number of benzene rings is 1. The molecule has 1 aromatic rings. The van der Waals surface area contributed by atoms with Crippen molar-refractivity contribution in [3.8, 4) is 11.5 Å². The number of hydrogen-bond acceptors (Lipinski definition) is 5. The second-order valence-electron chi connectivity index (χ2n) is 5.86. The zero-order chi connectivity index (χ0) is 15.4. The fraction of sp³-hybridized carbons (Fsp3) is 0.588. The second kappa shape index (κ2) is 6.57. The lowest BCUT2D eigenvalue weighted by atomic mass is 9.93. The van der Waals surface area contributed by atoms with Crippen LogP contribution in [0, 0.1) is 0 Å². The van der Waals surface area contributed by atoms with Crippen LogP contribution >= 0.6 is 0 Å². The Labute approximate surface area is 131 Å². The summed E-state index contributed by atoms with van der Waals surface area (Å²) in [5.74, 6) is 1.51. The lowest BCUT2D eigenvalue weighted by Crippen LogP contribution is -2.29. The quantitative estimate of drug-likeness (QED) is 0.758. The lowest BCUT2D eigenvalue weighted by molar-refractivity contribution is -0.0237. The average molecular weight is 305 g/mol. The van der Waals surface area contributed by atoms with Crippen LogP contribution in [0.5, 0.6) is 11.5 Å². The Hall–Kier alpha value is -1.75. The topological polar surface area (TPSA) is 49.3 Å². The molecule has 1 unspecified atom stereocenters. The molecule has 5 heteroatoms. The van der Waals surface area contributed by atoms with E-state index in [1.807, 2.05) is 18.2 Å². The van der Waals surface area contributed by atoms with Crippen LogP contribution in [0.4, 0.5) is 0 Å². The normalized spacial score (nSPS) is 23.5. The van der Waals surface area contributed by atoms with Gasteiger partial charge in [0.2, 0.25) is 0 Å². The Bertz CT molecular complexity index is 550. The van der Waals surface area contributed by atoms with E-state index in [2.05, 4.69) is 12.1 Å². The van der Waals surface area contributed by atoms with Crippen LogP contribution in [0.1, 0.15) is 38.2 Å². The molecule has 2 aliphatic rings. The number of methoxy groups -OCH3 is 1. The maximum atomic E-state index is 5.84. The molecule has 0 amide bonds. The monoisotopic (exact) mass is 305 g/mol. The van der Waals surface area contributed by atoms with Gasteiger partial charge in [0.25, 0.3) is 0 Å². The molecule has 22 heavy (non-hydrogen) atoms. The van der Waals surface area contributed by atoms with E-state index in [1.54, 1.807) is 7.11 Å². The van der Waals surface area contributed by atoms with Crippen LogP contribution in [-0.4, -0.2) is 38.2 Å². The second-order valence-corrected chi connectivity index (χ2v) is 5.86. The first-order chi connectivity index (χ1) is 10.8. The first-order valence-corrected chi connectivity index (χ1v) is 7.90. The summed E-state index contributed by atoms with van der Waals surface area (Å²) in [6, 6.07) is 5.92. The van der Waals surface area contributed by atoms with E-state index in [0.29, 0.717) is 13.2 Å². The predicted octanol–water partition coefficient (Wildman–Crippen LogP) is 3.16. The van der Waals surface area contributed by atoms with Crippen LogP contribution in [0.25, 0.3) is 0 Å². The van der Waals surface area contributed by atoms with Crippen molar-refractivity contribution in [1.82, 2.24) is 0 Å². The van der Waals surface area contributed by atoms with E-state index < -0.39 is 0 Å². The first kappa shape index (κ1) is 15.2. The van der Waals surface area contributed by atoms with Gasteiger partial charge in [0.15, 0.2) is 17.1 Å². The molecule has 3 rings (SSSR count). The van der Waals surface area contributed by atoms with Gasteiger partial charge in [-0.25, -0.2) is 0 Å². The molecule has 0 radical (unpaired) electrons. The SMILES string of the molecule is CCCCOc1cc(C2=NOC3(CCOC3)C2)ccc1OC. The molecule has 2 heterocycles. The van der Waals surface area contributed by atoms with Crippen molar-refractivity contribution in [2.45, 2.75) is 38.2 Å². The third kappa shape index (κ3) is 3.04. The Morgan fingerprint density at radius 3 is 2.95 bits per heavy atom. The highest BCUT2D eigenvalue weighted by Gasteiger charge is 2.43. The Kier molecular flexibility index (Phi) is 4.52. The fourth-order valence-electron chi connectivity index (χ4n) is 2.77. The zero-order valence-electron chi connectivity index (χ0n) is 13.3. The van der Waals surface area contributed by atoms with Crippen molar-refractivity contribution in [1.29, 1.82) is 0 Å². The van der Waals surface area contributed by atoms with Crippen LogP contribution < -0.4 is 9.47 Å². The third-order valence-electron chi connectivity index (χ3n) is 4.16. The van der Waals surface area contributed by atoms with Gasteiger partial charge in [0.1, 0.15) is 0 Å². The minimum absolute atomic E-state index is 0.251. The van der Waals surface area contributed by atoms with E-state index in [4.69, 9.17) is 19.0 Å². The molecule has 2 aliphatic heterocycles. The number of unbranched alkanes of at least 4 members (excludes halogenated alkanes) is 1. The predicted molar refractivity (Wildman–Crippen MR) is 83.8 cm³/mol. The molecule has 0 saturated carbocycles. The van der Waals surface area contributed by atoms with Crippen molar-refractivity contribution in [3.63, 3.8) is 0 Å². The number of ether oxygens (including phenoxy) is 3. The summed E-state index contributed by atoms with van der Waals surface area (Å²) < 4.78 is 16.7. The average Bonchev–Trinajstić information content (AvgIpc) is 3.18. The Balaban J connectivity index is 1.75. The molecule has 1 atom stereocenters. The highest BCUT2D eigenvalue weighted by molar-refractivity contribution is 6.02. The van der Waals surface area contributed by atoms with Gasteiger partial charge < -0.3 is 19.0 Å².